The molecule has 0 radical (unpaired) electrons. The van der Waals surface area contributed by atoms with Gasteiger partial charge in [-0.3, -0.25) is 0 Å². The first-order valence-corrected chi connectivity index (χ1v) is 9.85. The lowest BCUT2D eigenvalue weighted by atomic mass is 9.99. The molecule has 1 nitrogen and oxygen atoms in total. The molecular formula is C23H27NS. The van der Waals surface area contributed by atoms with E-state index in [1.165, 1.54) is 30.0 Å². The SMILES string of the molecule is C=C(S/C(C#N)=C(\C)c1cccc2ccccc12)[C@@H](C)CCCCC. The molecule has 25 heavy (non-hydrogen) atoms. The van der Waals surface area contributed by atoms with Crippen LogP contribution in [0, 0.1) is 17.2 Å². The number of nitriles is 1. The molecule has 0 fully saturated rings. The molecule has 0 spiro atoms. The topological polar surface area (TPSA) is 23.8 Å². The van der Waals surface area contributed by atoms with Gasteiger partial charge in [-0.15, -0.1) is 0 Å². The van der Waals surface area contributed by atoms with Crippen molar-refractivity contribution < 1.29 is 0 Å². The predicted molar refractivity (Wildman–Crippen MR) is 112 cm³/mol. The second-order valence-corrected chi connectivity index (χ2v) is 7.69. The zero-order valence-corrected chi connectivity index (χ0v) is 16.3. The van der Waals surface area contributed by atoms with Crippen LogP contribution in [-0.4, -0.2) is 0 Å². The monoisotopic (exact) mass is 349 g/mol. The van der Waals surface area contributed by atoms with E-state index >= 15 is 0 Å². The number of rotatable bonds is 8. The van der Waals surface area contributed by atoms with Gasteiger partial charge < -0.3 is 0 Å². The Bertz CT molecular complexity index is 805. The minimum Gasteiger partial charge on any atom is -0.192 e. The van der Waals surface area contributed by atoms with Gasteiger partial charge in [0, 0.05) is 0 Å². The summed E-state index contributed by atoms with van der Waals surface area (Å²) in [5.74, 6) is 0.431. The van der Waals surface area contributed by atoms with Crippen molar-refractivity contribution in [2.24, 2.45) is 5.92 Å². The Kier molecular flexibility index (Phi) is 7.34. The average Bonchev–Trinajstić information content (AvgIpc) is 2.65. The maximum Gasteiger partial charge on any atom is 0.107 e. The highest BCUT2D eigenvalue weighted by Gasteiger charge is 2.13. The lowest BCUT2D eigenvalue weighted by Gasteiger charge is -2.15. The van der Waals surface area contributed by atoms with Crippen LogP contribution in [0.2, 0.25) is 0 Å². The second kappa shape index (κ2) is 9.49. The molecule has 130 valence electrons. The number of fused-ring (bicyclic) bond motifs is 1. The third kappa shape index (κ3) is 5.00. The summed E-state index contributed by atoms with van der Waals surface area (Å²) in [6.45, 7) is 10.7. The number of hydrogen-bond donors (Lipinski definition) is 0. The number of hydrogen-bond acceptors (Lipinski definition) is 2. The van der Waals surface area contributed by atoms with Crippen LogP contribution in [0.3, 0.4) is 0 Å². The molecule has 2 rings (SSSR count). The molecule has 2 aromatic rings. The minimum atomic E-state index is 0.431. The maximum absolute atomic E-state index is 9.70. The Balaban J connectivity index is 2.25. The van der Waals surface area contributed by atoms with E-state index in [-0.39, 0.29) is 0 Å². The molecule has 0 heterocycles. The number of benzene rings is 2. The fraction of sp³-hybridized carbons (Fsp3) is 0.348. The van der Waals surface area contributed by atoms with Crippen LogP contribution >= 0.6 is 11.8 Å². The van der Waals surface area contributed by atoms with Crippen molar-refractivity contribution in [2.75, 3.05) is 0 Å². The van der Waals surface area contributed by atoms with Gasteiger partial charge >= 0.3 is 0 Å². The maximum atomic E-state index is 9.70. The van der Waals surface area contributed by atoms with Crippen LogP contribution in [0.4, 0.5) is 0 Å². The van der Waals surface area contributed by atoms with Crippen molar-refractivity contribution in [3.8, 4) is 6.07 Å². The molecule has 2 aromatic carbocycles. The van der Waals surface area contributed by atoms with Gasteiger partial charge in [-0.1, -0.05) is 93.9 Å². The zero-order valence-electron chi connectivity index (χ0n) is 15.5. The van der Waals surface area contributed by atoms with Crippen LogP contribution < -0.4 is 0 Å². The first kappa shape index (κ1) is 19.3. The smallest absolute Gasteiger partial charge is 0.107 e. The second-order valence-electron chi connectivity index (χ2n) is 6.56. The third-order valence-electron chi connectivity index (χ3n) is 4.66. The zero-order chi connectivity index (χ0) is 18.2. The van der Waals surface area contributed by atoms with Gasteiger partial charge in [0.15, 0.2) is 0 Å². The highest BCUT2D eigenvalue weighted by Crippen LogP contribution is 2.37. The number of nitrogens with zero attached hydrogens (tertiary/aromatic N) is 1. The molecule has 0 N–H and O–H groups in total. The summed E-state index contributed by atoms with van der Waals surface area (Å²) >= 11 is 1.55. The number of unbranched alkanes of at least 4 members (excludes halogenated alkanes) is 2. The van der Waals surface area contributed by atoms with Gasteiger partial charge in [0.1, 0.15) is 6.07 Å². The predicted octanol–water partition coefficient (Wildman–Crippen LogP) is 7.56. The molecule has 0 saturated heterocycles. The van der Waals surface area contributed by atoms with E-state index < -0.39 is 0 Å². The quantitative estimate of drug-likeness (QED) is 0.362. The fourth-order valence-electron chi connectivity index (χ4n) is 2.95. The lowest BCUT2D eigenvalue weighted by Crippen LogP contribution is -1.96. The van der Waals surface area contributed by atoms with Crippen LogP contribution in [0.1, 0.15) is 52.0 Å². The summed E-state index contributed by atoms with van der Waals surface area (Å²) in [4.78, 5) is 1.84. The van der Waals surface area contributed by atoms with Gasteiger partial charge in [-0.2, -0.15) is 5.26 Å². The molecular weight excluding hydrogens is 322 g/mol. The van der Waals surface area contributed by atoms with E-state index in [2.05, 4.69) is 56.8 Å². The summed E-state index contributed by atoms with van der Waals surface area (Å²) in [6, 6.07) is 17.0. The van der Waals surface area contributed by atoms with Crippen molar-refractivity contribution in [1.82, 2.24) is 0 Å². The number of allylic oxidation sites excluding steroid dienone is 3. The third-order valence-corrected chi connectivity index (χ3v) is 5.93. The molecule has 2 heteroatoms. The summed E-state index contributed by atoms with van der Waals surface area (Å²) in [5, 5.41) is 12.1. The minimum absolute atomic E-state index is 0.431. The molecule has 0 aliphatic heterocycles. The van der Waals surface area contributed by atoms with E-state index in [9.17, 15) is 5.26 Å². The highest BCUT2D eigenvalue weighted by atomic mass is 32.2. The highest BCUT2D eigenvalue weighted by molar-refractivity contribution is 8.07. The normalized spacial score (nSPS) is 13.2. The lowest BCUT2D eigenvalue weighted by molar-refractivity contribution is 0.571. The van der Waals surface area contributed by atoms with E-state index in [0.29, 0.717) is 5.92 Å². The van der Waals surface area contributed by atoms with E-state index in [4.69, 9.17) is 0 Å². The summed E-state index contributed by atoms with van der Waals surface area (Å²) < 4.78 is 0. The van der Waals surface area contributed by atoms with Crippen molar-refractivity contribution in [1.29, 1.82) is 5.26 Å². The molecule has 0 unspecified atom stereocenters. The summed E-state index contributed by atoms with van der Waals surface area (Å²) in [5.41, 5.74) is 2.17. The Hall–Kier alpha value is -1.98. The van der Waals surface area contributed by atoms with Crippen LogP contribution in [-0.2, 0) is 0 Å². The Labute approximate surface area is 156 Å². The van der Waals surface area contributed by atoms with Gasteiger partial charge in [0.05, 0.1) is 4.91 Å². The van der Waals surface area contributed by atoms with Crippen molar-refractivity contribution in [3.05, 3.63) is 64.4 Å². The van der Waals surface area contributed by atoms with Crippen molar-refractivity contribution >= 4 is 28.1 Å². The fourth-order valence-corrected chi connectivity index (χ4v) is 3.84. The Morgan fingerprint density at radius 2 is 1.88 bits per heavy atom. The van der Waals surface area contributed by atoms with E-state index in [0.717, 1.165) is 27.4 Å². The molecule has 0 aliphatic carbocycles. The Morgan fingerprint density at radius 1 is 1.16 bits per heavy atom. The molecule has 0 aromatic heterocycles. The Morgan fingerprint density at radius 3 is 2.60 bits per heavy atom. The first-order valence-electron chi connectivity index (χ1n) is 9.04. The van der Waals surface area contributed by atoms with Crippen molar-refractivity contribution in [2.45, 2.75) is 46.5 Å². The largest absolute Gasteiger partial charge is 0.192 e. The van der Waals surface area contributed by atoms with Crippen LogP contribution in [0.25, 0.3) is 16.3 Å². The summed E-state index contributed by atoms with van der Waals surface area (Å²) in [6.07, 6.45) is 4.87. The van der Waals surface area contributed by atoms with Gasteiger partial charge in [-0.05, 0) is 46.1 Å². The molecule has 0 aliphatic rings. The van der Waals surface area contributed by atoms with Crippen LogP contribution in [0.15, 0.2) is 58.9 Å². The van der Waals surface area contributed by atoms with E-state index in [1.54, 1.807) is 11.8 Å². The van der Waals surface area contributed by atoms with E-state index in [1.807, 2.05) is 19.1 Å². The molecule has 0 bridgehead atoms. The van der Waals surface area contributed by atoms with Crippen LogP contribution in [0.5, 0.6) is 0 Å². The molecule has 0 amide bonds. The van der Waals surface area contributed by atoms with Gasteiger partial charge in [0.25, 0.3) is 0 Å². The number of thioether (sulfide) groups is 1. The average molecular weight is 350 g/mol. The standard InChI is InChI=1S/C23H27NS/c1-5-6-7-11-17(2)19(4)25-23(16-24)18(3)21-15-10-13-20-12-8-9-14-22(20)21/h8-10,12-15,17H,4-7,11H2,1-3H3/b23-18+/t17-/m0/s1. The first-order chi connectivity index (χ1) is 12.1. The van der Waals surface area contributed by atoms with Crippen molar-refractivity contribution in [3.63, 3.8) is 0 Å². The van der Waals surface area contributed by atoms with Gasteiger partial charge in [-0.25, -0.2) is 0 Å². The molecule has 0 saturated carbocycles. The summed E-state index contributed by atoms with van der Waals surface area (Å²) in [7, 11) is 0. The molecule has 1 atom stereocenters. The van der Waals surface area contributed by atoms with Gasteiger partial charge in [0.2, 0.25) is 0 Å².